The van der Waals surface area contributed by atoms with Crippen molar-refractivity contribution in [1.82, 2.24) is 0 Å². The highest BCUT2D eigenvalue weighted by Crippen LogP contribution is 2.29. The lowest BCUT2D eigenvalue weighted by atomic mass is 10.1. The molecular weight excluding hydrogens is 347 g/mol. The number of ether oxygens (including phenoxy) is 1. The van der Waals surface area contributed by atoms with Gasteiger partial charge in [-0.1, -0.05) is 60.7 Å². The van der Waals surface area contributed by atoms with Crippen LogP contribution in [0.2, 0.25) is 0 Å². The molecule has 0 saturated carbocycles. The second-order valence-electron chi connectivity index (χ2n) is 4.37. The van der Waals surface area contributed by atoms with Gasteiger partial charge in [0.15, 0.2) is 0 Å². The quantitative estimate of drug-likeness (QED) is 0.596. The van der Waals surface area contributed by atoms with Crippen LogP contribution in [0, 0.1) is 3.57 Å². The SMILES string of the molecule is Ic1c(OCc2ccccc2)ccc2ccccc12. The molecule has 0 heterocycles. The summed E-state index contributed by atoms with van der Waals surface area (Å²) in [4.78, 5) is 0. The summed E-state index contributed by atoms with van der Waals surface area (Å²) in [5.41, 5.74) is 1.19. The topological polar surface area (TPSA) is 9.23 Å². The predicted molar refractivity (Wildman–Crippen MR) is 87.4 cm³/mol. The van der Waals surface area contributed by atoms with Crippen LogP contribution in [0.25, 0.3) is 10.8 Å². The molecule has 0 unspecified atom stereocenters. The van der Waals surface area contributed by atoms with Gasteiger partial charge in [-0.2, -0.15) is 0 Å². The van der Waals surface area contributed by atoms with E-state index in [9.17, 15) is 0 Å². The van der Waals surface area contributed by atoms with Crippen molar-refractivity contribution >= 4 is 33.4 Å². The van der Waals surface area contributed by atoms with Crippen LogP contribution >= 0.6 is 22.6 Å². The molecule has 0 aromatic heterocycles. The van der Waals surface area contributed by atoms with Crippen molar-refractivity contribution in [2.45, 2.75) is 6.61 Å². The molecular formula is C17H13IO. The van der Waals surface area contributed by atoms with E-state index in [0.717, 1.165) is 5.75 Å². The first-order valence-corrected chi connectivity index (χ1v) is 7.26. The van der Waals surface area contributed by atoms with Crippen molar-refractivity contribution < 1.29 is 4.74 Å². The molecule has 0 amide bonds. The maximum Gasteiger partial charge on any atom is 0.133 e. The van der Waals surface area contributed by atoms with Crippen LogP contribution in [0.5, 0.6) is 5.75 Å². The monoisotopic (exact) mass is 360 g/mol. The van der Waals surface area contributed by atoms with E-state index >= 15 is 0 Å². The summed E-state index contributed by atoms with van der Waals surface area (Å²) in [5.74, 6) is 0.947. The Labute approximate surface area is 126 Å². The summed E-state index contributed by atoms with van der Waals surface area (Å²) in [5, 5.41) is 2.49. The lowest BCUT2D eigenvalue weighted by Gasteiger charge is -2.10. The Balaban J connectivity index is 1.87. The zero-order chi connectivity index (χ0) is 13.1. The fourth-order valence-corrected chi connectivity index (χ4v) is 2.89. The van der Waals surface area contributed by atoms with Crippen LogP contribution in [0.1, 0.15) is 5.56 Å². The highest BCUT2D eigenvalue weighted by molar-refractivity contribution is 14.1. The molecule has 0 atom stereocenters. The van der Waals surface area contributed by atoms with Gasteiger partial charge in [0.05, 0.1) is 3.57 Å². The lowest BCUT2D eigenvalue weighted by molar-refractivity contribution is 0.304. The molecule has 0 aliphatic heterocycles. The minimum Gasteiger partial charge on any atom is -0.488 e. The van der Waals surface area contributed by atoms with E-state index in [4.69, 9.17) is 4.74 Å². The minimum absolute atomic E-state index is 0.606. The molecule has 0 spiro atoms. The summed E-state index contributed by atoms with van der Waals surface area (Å²) in [7, 11) is 0. The van der Waals surface area contributed by atoms with Crippen molar-refractivity contribution in [1.29, 1.82) is 0 Å². The Morgan fingerprint density at radius 3 is 2.37 bits per heavy atom. The molecule has 0 N–H and O–H groups in total. The van der Waals surface area contributed by atoms with Gasteiger partial charge >= 0.3 is 0 Å². The van der Waals surface area contributed by atoms with Crippen LogP contribution in [0.4, 0.5) is 0 Å². The van der Waals surface area contributed by atoms with Crippen LogP contribution < -0.4 is 4.74 Å². The van der Waals surface area contributed by atoms with Crippen molar-refractivity contribution in [2.75, 3.05) is 0 Å². The van der Waals surface area contributed by atoms with E-state index < -0.39 is 0 Å². The Bertz CT molecular complexity index is 692. The summed E-state index contributed by atoms with van der Waals surface area (Å²) < 4.78 is 7.10. The van der Waals surface area contributed by atoms with Gasteiger partial charge < -0.3 is 4.74 Å². The van der Waals surface area contributed by atoms with Crippen LogP contribution in [-0.4, -0.2) is 0 Å². The van der Waals surface area contributed by atoms with Crippen LogP contribution in [-0.2, 0) is 6.61 Å². The number of hydrogen-bond donors (Lipinski definition) is 0. The highest BCUT2D eigenvalue weighted by Gasteiger charge is 2.05. The van der Waals surface area contributed by atoms with E-state index in [1.165, 1.54) is 19.9 Å². The summed E-state index contributed by atoms with van der Waals surface area (Å²) in [6, 6.07) is 22.8. The smallest absolute Gasteiger partial charge is 0.133 e. The standard InChI is InChI=1S/C17H13IO/c18-17-15-9-5-4-8-14(15)10-11-16(17)19-12-13-6-2-1-3-7-13/h1-11H,12H2. The number of rotatable bonds is 3. The number of halogens is 1. The minimum atomic E-state index is 0.606. The van der Waals surface area contributed by atoms with E-state index in [0.29, 0.717) is 6.61 Å². The first-order chi connectivity index (χ1) is 9.34. The van der Waals surface area contributed by atoms with E-state index in [1.54, 1.807) is 0 Å². The van der Waals surface area contributed by atoms with Gasteiger partial charge in [-0.3, -0.25) is 0 Å². The van der Waals surface area contributed by atoms with Gasteiger partial charge in [-0.05, 0) is 45.0 Å². The number of hydrogen-bond acceptors (Lipinski definition) is 1. The largest absolute Gasteiger partial charge is 0.488 e. The van der Waals surface area contributed by atoms with E-state index in [2.05, 4.69) is 65.1 Å². The molecule has 3 aromatic rings. The highest BCUT2D eigenvalue weighted by atomic mass is 127. The molecule has 0 saturated heterocycles. The first-order valence-electron chi connectivity index (χ1n) is 6.18. The third kappa shape index (κ3) is 2.73. The fraction of sp³-hybridized carbons (Fsp3) is 0.0588. The molecule has 2 heteroatoms. The van der Waals surface area contributed by atoms with Gasteiger partial charge in [0.25, 0.3) is 0 Å². The molecule has 0 radical (unpaired) electrons. The van der Waals surface area contributed by atoms with Gasteiger partial charge in [0.2, 0.25) is 0 Å². The summed E-state index contributed by atoms with van der Waals surface area (Å²) in [6.45, 7) is 0.606. The normalized spacial score (nSPS) is 10.6. The van der Waals surface area contributed by atoms with Gasteiger partial charge in [-0.15, -0.1) is 0 Å². The average Bonchev–Trinajstić information content (AvgIpc) is 2.48. The molecule has 1 nitrogen and oxygen atoms in total. The molecule has 3 aromatic carbocycles. The van der Waals surface area contributed by atoms with E-state index in [1.807, 2.05) is 24.3 Å². The Morgan fingerprint density at radius 1 is 0.789 bits per heavy atom. The third-order valence-electron chi connectivity index (χ3n) is 3.07. The molecule has 0 fully saturated rings. The number of benzene rings is 3. The van der Waals surface area contributed by atoms with Crippen molar-refractivity contribution in [3.05, 3.63) is 75.9 Å². The third-order valence-corrected chi connectivity index (χ3v) is 4.18. The maximum absolute atomic E-state index is 5.92. The number of fused-ring (bicyclic) bond motifs is 1. The lowest BCUT2D eigenvalue weighted by Crippen LogP contribution is -1.97. The second kappa shape index (κ2) is 5.61. The van der Waals surface area contributed by atoms with E-state index in [-0.39, 0.29) is 0 Å². The molecule has 19 heavy (non-hydrogen) atoms. The van der Waals surface area contributed by atoms with Gasteiger partial charge in [0, 0.05) is 0 Å². The van der Waals surface area contributed by atoms with Gasteiger partial charge in [-0.25, -0.2) is 0 Å². The van der Waals surface area contributed by atoms with Crippen molar-refractivity contribution in [2.24, 2.45) is 0 Å². The van der Waals surface area contributed by atoms with Crippen molar-refractivity contribution in [3.63, 3.8) is 0 Å². The summed E-state index contributed by atoms with van der Waals surface area (Å²) >= 11 is 2.36. The second-order valence-corrected chi connectivity index (χ2v) is 5.45. The summed E-state index contributed by atoms with van der Waals surface area (Å²) in [6.07, 6.45) is 0. The van der Waals surface area contributed by atoms with Crippen LogP contribution in [0.15, 0.2) is 66.7 Å². The predicted octanol–water partition coefficient (Wildman–Crippen LogP) is 5.02. The molecule has 0 bridgehead atoms. The Hall–Kier alpha value is -1.55. The molecule has 3 rings (SSSR count). The maximum atomic E-state index is 5.92. The van der Waals surface area contributed by atoms with Gasteiger partial charge in [0.1, 0.15) is 12.4 Å². The average molecular weight is 360 g/mol. The zero-order valence-corrected chi connectivity index (χ0v) is 12.5. The zero-order valence-electron chi connectivity index (χ0n) is 10.3. The Morgan fingerprint density at radius 2 is 1.53 bits per heavy atom. The Kier molecular flexibility index (Phi) is 3.69. The van der Waals surface area contributed by atoms with Crippen LogP contribution in [0.3, 0.4) is 0 Å². The fourth-order valence-electron chi connectivity index (χ4n) is 2.06. The molecule has 0 aliphatic carbocycles. The molecule has 0 aliphatic rings. The van der Waals surface area contributed by atoms with Crippen molar-refractivity contribution in [3.8, 4) is 5.75 Å². The molecule has 94 valence electrons. The first kappa shape index (κ1) is 12.5.